The minimum Gasteiger partial charge on any atom is -0.476 e. The highest BCUT2D eigenvalue weighted by atomic mass is 32.2. The lowest BCUT2D eigenvalue weighted by Gasteiger charge is -2.40. The predicted molar refractivity (Wildman–Crippen MR) is 131 cm³/mol. The van der Waals surface area contributed by atoms with Crippen molar-refractivity contribution < 1.29 is 17.8 Å². The van der Waals surface area contributed by atoms with Crippen LogP contribution in [0.1, 0.15) is 41.5 Å². The monoisotopic (exact) mass is 468 g/mol. The van der Waals surface area contributed by atoms with Crippen molar-refractivity contribution in [1.29, 1.82) is 0 Å². The molecule has 1 heterocycles. The highest BCUT2D eigenvalue weighted by Gasteiger charge is 2.45. The van der Waals surface area contributed by atoms with Crippen molar-refractivity contribution in [3.8, 4) is 0 Å². The molecule has 0 aliphatic carbocycles. The summed E-state index contributed by atoms with van der Waals surface area (Å²) in [6.45, 7) is 22.8. The molecule has 7 heteroatoms. The van der Waals surface area contributed by atoms with Crippen molar-refractivity contribution in [2.45, 2.75) is 94.9 Å². The first-order valence-corrected chi connectivity index (χ1v) is 17.7. The van der Waals surface area contributed by atoms with Crippen molar-refractivity contribution >= 4 is 27.4 Å². The first-order chi connectivity index (χ1) is 13.6. The molecule has 0 N–H and O–H groups in total. The van der Waals surface area contributed by atoms with E-state index in [1.807, 2.05) is 36.4 Å². The van der Waals surface area contributed by atoms with E-state index in [9.17, 15) is 4.21 Å². The van der Waals surface area contributed by atoms with E-state index < -0.39 is 27.4 Å². The van der Waals surface area contributed by atoms with Gasteiger partial charge in [-0.25, -0.2) is 4.21 Å². The molecule has 0 aromatic heterocycles. The second kappa shape index (κ2) is 9.02. The summed E-state index contributed by atoms with van der Waals surface area (Å²) in [5, 5.41) is 0.672. The van der Waals surface area contributed by atoms with Gasteiger partial charge in [-0.2, -0.15) is 0 Å². The second-order valence-electron chi connectivity index (χ2n) is 11.1. The molecule has 0 spiro atoms. The molecule has 1 aliphatic rings. The first kappa shape index (κ1) is 25.5. The van der Waals surface area contributed by atoms with Crippen LogP contribution in [0, 0.1) is 0 Å². The van der Waals surface area contributed by atoms with Gasteiger partial charge in [0.15, 0.2) is 21.7 Å². The van der Waals surface area contributed by atoms with Crippen LogP contribution < -0.4 is 0 Å². The number of hydrogen-bond acceptors (Lipinski definition) is 4. The molecule has 0 bridgehead atoms. The number of rotatable bonds is 7. The number of ether oxygens (including phenoxy) is 1. The van der Waals surface area contributed by atoms with E-state index >= 15 is 0 Å². The second-order valence-corrected chi connectivity index (χ2v) is 22.1. The van der Waals surface area contributed by atoms with Gasteiger partial charge in [0.05, 0.1) is 6.61 Å². The lowest BCUT2D eigenvalue weighted by molar-refractivity contribution is 0.0268. The molecule has 0 radical (unpaired) electrons. The third kappa shape index (κ3) is 5.94. The van der Waals surface area contributed by atoms with Crippen LogP contribution >= 0.6 is 0 Å². The Hall–Kier alpha value is -0.736. The molecule has 0 saturated carbocycles. The summed E-state index contributed by atoms with van der Waals surface area (Å²) in [5.41, 5.74) is 0. The van der Waals surface area contributed by atoms with Crippen LogP contribution in [0.5, 0.6) is 0 Å². The van der Waals surface area contributed by atoms with Crippen LogP contribution in [0.25, 0.3) is 0 Å². The molecule has 0 saturated heterocycles. The van der Waals surface area contributed by atoms with E-state index in [0.717, 1.165) is 4.90 Å². The molecule has 3 atom stereocenters. The van der Waals surface area contributed by atoms with Crippen molar-refractivity contribution in [2.75, 3.05) is 6.61 Å². The van der Waals surface area contributed by atoms with Crippen LogP contribution in [-0.4, -0.2) is 39.7 Å². The zero-order valence-electron chi connectivity index (χ0n) is 20.4. The van der Waals surface area contributed by atoms with Crippen molar-refractivity contribution in [2.24, 2.45) is 0 Å². The molecular formula is C23H40O4SSi2. The predicted octanol–water partition coefficient (Wildman–Crippen LogP) is 6.45. The molecule has 30 heavy (non-hydrogen) atoms. The quantitative estimate of drug-likeness (QED) is 0.432. The average molecular weight is 469 g/mol. The Bertz CT molecular complexity index is 777. The summed E-state index contributed by atoms with van der Waals surface area (Å²) in [5.74, 6) is 0. The number of hydrogen-bond donors (Lipinski definition) is 0. The molecule has 1 aromatic rings. The summed E-state index contributed by atoms with van der Waals surface area (Å²) < 4.78 is 32.5. The Labute approximate surface area is 188 Å². The van der Waals surface area contributed by atoms with E-state index in [4.69, 9.17) is 13.6 Å². The fourth-order valence-electron chi connectivity index (χ4n) is 2.53. The lowest BCUT2D eigenvalue weighted by Crippen LogP contribution is -2.48. The SMILES string of the molecule is CC(C)(C)[Si](C)(C)OC[C@H]1OC(S(=O)c2ccccc2)=C[C@@H]1O[Si](C)(C)C(C)(C)C. The van der Waals surface area contributed by atoms with Crippen molar-refractivity contribution in [1.82, 2.24) is 0 Å². The van der Waals surface area contributed by atoms with Gasteiger partial charge >= 0.3 is 0 Å². The van der Waals surface area contributed by atoms with Gasteiger partial charge in [-0.1, -0.05) is 59.7 Å². The highest BCUT2D eigenvalue weighted by Crippen LogP contribution is 2.41. The molecular weight excluding hydrogens is 428 g/mol. The van der Waals surface area contributed by atoms with Gasteiger partial charge in [0, 0.05) is 4.90 Å². The summed E-state index contributed by atoms with van der Waals surface area (Å²) in [7, 11) is -5.33. The Morgan fingerprint density at radius 3 is 1.97 bits per heavy atom. The first-order valence-electron chi connectivity index (χ1n) is 10.7. The third-order valence-corrected chi connectivity index (χ3v) is 17.0. The molecule has 2 rings (SSSR count). The Kier molecular flexibility index (Phi) is 7.67. The van der Waals surface area contributed by atoms with E-state index in [1.54, 1.807) is 0 Å². The summed E-state index contributed by atoms with van der Waals surface area (Å²) in [6, 6.07) is 9.44. The molecule has 0 amide bonds. The van der Waals surface area contributed by atoms with Crippen LogP contribution in [-0.2, 0) is 24.4 Å². The fourth-order valence-corrected chi connectivity index (χ4v) is 5.90. The molecule has 1 aromatic carbocycles. The smallest absolute Gasteiger partial charge is 0.193 e. The molecule has 1 unspecified atom stereocenters. The molecule has 0 fully saturated rings. The van der Waals surface area contributed by atoms with Gasteiger partial charge in [-0.05, 0) is 54.5 Å². The van der Waals surface area contributed by atoms with Crippen LogP contribution in [0.3, 0.4) is 0 Å². The van der Waals surface area contributed by atoms with Crippen LogP contribution in [0.2, 0.25) is 36.3 Å². The Balaban J connectivity index is 2.25. The Morgan fingerprint density at radius 1 is 0.933 bits per heavy atom. The van der Waals surface area contributed by atoms with Crippen LogP contribution in [0.15, 0.2) is 46.4 Å². The van der Waals surface area contributed by atoms with E-state index in [-0.39, 0.29) is 22.3 Å². The van der Waals surface area contributed by atoms with Gasteiger partial charge in [0.25, 0.3) is 0 Å². The zero-order valence-corrected chi connectivity index (χ0v) is 23.2. The van der Waals surface area contributed by atoms with Gasteiger partial charge in [-0.3, -0.25) is 0 Å². The summed E-state index contributed by atoms with van der Waals surface area (Å²) in [6.07, 6.45) is 1.39. The average Bonchev–Trinajstić information content (AvgIpc) is 3.00. The Morgan fingerprint density at radius 2 is 1.47 bits per heavy atom. The molecule has 170 valence electrons. The van der Waals surface area contributed by atoms with Gasteiger partial charge in [0.2, 0.25) is 0 Å². The van der Waals surface area contributed by atoms with Gasteiger partial charge < -0.3 is 13.6 Å². The topological polar surface area (TPSA) is 44.8 Å². The molecule has 4 nitrogen and oxygen atoms in total. The maximum absolute atomic E-state index is 13.1. The molecule has 1 aliphatic heterocycles. The van der Waals surface area contributed by atoms with Crippen molar-refractivity contribution in [3.63, 3.8) is 0 Å². The maximum Gasteiger partial charge on any atom is 0.193 e. The number of benzene rings is 1. The van der Waals surface area contributed by atoms with Gasteiger partial charge in [-0.15, -0.1) is 0 Å². The standard InChI is InChI=1S/C23H40O4SSi2/c1-22(2,3)29(7,8)25-17-20-19(27-30(9,10)23(4,5)6)16-21(26-20)28(24)18-14-12-11-13-15-18/h11-16,19-20H,17H2,1-10H3/t19-,20+,28?/m0/s1. The largest absolute Gasteiger partial charge is 0.476 e. The fraction of sp³-hybridized carbons (Fsp3) is 0.652. The van der Waals surface area contributed by atoms with E-state index in [2.05, 4.69) is 67.7 Å². The zero-order chi connectivity index (χ0) is 23.0. The maximum atomic E-state index is 13.1. The van der Waals surface area contributed by atoms with E-state index in [1.165, 1.54) is 0 Å². The third-order valence-electron chi connectivity index (χ3n) is 6.73. The summed E-state index contributed by atoms with van der Waals surface area (Å²) in [4.78, 5) is 0.737. The van der Waals surface area contributed by atoms with Crippen LogP contribution in [0.4, 0.5) is 0 Å². The van der Waals surface area contributed by atoms with E-state index in [0.29, 0.717) is 11.7 Å². The normalized spacial score (nSPS) is 21.9. The minimum absolute atomic E-state index is 0.0764. The highest BCUT2D eigenvalue weighted by molar-refractivity contribution is 7.88. The van der Waals surface area contributed by atoms with Crippen molar-refractivity contribution in [3.05, 3.63) is 41.5 Å². The van der Waals surface area contributed by atoms with Gasteiger partial charge in [0.1, 0.15) is 23.0 Å². The minimum atomic E-state index is -2.03. The summed E-state index contributed by atoms with van der Waals surface area (Å²) >= 11 is 0. The lowest BCUT2D eigenvalue weighted by atomic mass is 10.2.